The number of aliphatic hydroxyl groups excluding tert-OH is 1. The molecule has 0 saturated carbocycles. The number of alkyl halides is 3. The van der Waals surface area contributed by atoms with Gasteiger partial charge in [-0.3, -0.25) is 9.59 Å². The fraction of sp³-hybridized carbons (Fsp3) is 0.120. The Morgan fingerprint density at radius 1 is 0.912 bits per heavy atom. The first-order chi connectivity index (χ1) is 16.1. The molecule has 1 aliphatic heterocycles. The molecule has 1 unspecified atom stereocenters. The maximum absolute atomic E-state index is 13.2. The first-order valence-electron chi connectivity index (χ1n) is 10.0. The van der Waals surface area contributed by atoms with E-state index >= 15 is 0 Å². The lowest BCUT2D eigenvalue weighted by Gasteiger charge is -2.25. The van der Waals surface area contributed by atoms with E-state index in [1.807, 2.05) is 0 Å². The van der Waals surface area contributed by atoms with Gasteiger partial charge in [0.2, 0.25) is 0 Å². The summed E-state index contributed by atoms with van der Waals surface area (Å²) >= 11 is 12.0. The number of carbonyl (C=O) groups is 2. The molecule has 34 heavy (non-hydrogen) atoms. The number of halogens is 5. The molecule has 0 aromatic heterocycles. The second kappa shape index (κ2) is 9.16. The van der Waals surface area contributed by atoms with Crippen LogP contribution in [0.4, 0.5) is 13.2 Å². The largest absolute Gasteiger partial charge is 0.507 e. The van der Waals surface area contributed by atoms with E-state index in [9.17, 15) is 27.9 Å². The molecule has 0 aliphatic carbocycles. The molecular weight excluding hydrogens is 490 g/mol. The highest BCUT2D eigenvalue weighted by Crippen LogP contribution is 2.41. The molecule has 1 aliphatic rings. The third-order valence-corrected chi connectivity index (χ3v) is 6.19. The van der Waals surface area contributed by atoms with Gasteiger partial charge in [-0.1, -0.05) is 65.7 Å². The van der Waals surface area contributed by atoms with E-state index in [-0.39, 0.29) is 33.3 Å². The number of nitrogens with zero attached hydrogens (tertiary/aromatic N) is 1. The average Bonchev–Trinajstić information content (AvgIpc) is 3.05. The molecule has 3 aromatic carbocycles. The number of Topliss-reactive ketones (excluding diaryl/α,β-unsaturated/α-hetero) is 1. The van der Waals surface area contributed by atoms with Gasteiger partial charge in [0.25, 0.3) is 11.7 Å². The van der Waals surface area contributed by atoms with Crippen molar-refractivity contribution in [1.82, 2.24) is 4.90 Å². The van der Waals surface area contributed by atoms with Crippen molar-refractivity contribution in [2.24, 2.45) is 0 Å². The van der Waals surface area contributed by atoms with Crippen LogP contribution in [0.15, 0.2) is 78.4 Å². The van der Waals surface area contributed by atoms with Gasteiger partial charge in [-0.25, -0.2) is 0 Å². The summed E-state index contributed by atoms with van der Waals surface area (Å²) in [6.45, 7) is -0.272. The van der Waals surface area contributed by atoms with E-state index in [2.05, 4.69) is 0 Å². The number of carbonyl (C=O) groups excluding carboxylic acids is 2. The van der Waals surface area contributed by atoms with Crippen LogP contribution in [-0.4, -0.2) is 21.7 Å². The molecule has 0 bridgehead atoms. The molecule has 4 nitrogen and oxygen atoms in total. The summed E-state index contributed by atoms with van der Waals surface area (Å²) in [5, 5.41) is 11.4. The van der Waals surface area contributed by atoms with Crippen LogP contribution in [0.25, 0.3) is 5.76 Å². The van der Waals surface area contributed by atoms with E-state index in [1.165, 1.54) is 30.3 Å². The second-order valence-electron chi connectivity index (χ2n) is 7.66. The fourth-order valence-electron chi connectivity index (χ4n) is 3.87. The summed E-state index contributed by atoms with van der Waals surface area (Å²) in [5.74, 6) is -2.35. The van der Waals surface area contributed by atoms with E-state index in [0.717, 1.165) is 17.0 Å². The van der Waals surface area contributed by atoms with E-state index in [0.29, 0.717) is 5.56 Å². The van der Waals surface area contributed by atoms with Crippen LogP contribution < -0.4 is 0 Å². The van der Waals surface area contributed by atoms with Gasteiger partial charge in [0, 0.05) is 12.1 Å². The Balaban J connectivity index is 1.83. The minimum Gasteiger partial charge on any atom is -0.507 e. The van der Waals surface area contributed by atoms with Gasteiger partial charge < -0.3 is 10.0 Å². The molecule has 1 atom stereocenters. The van der Waals surface area contributed by atoms with Crippen LogP contribution >= 0.6 is 23.2 Å². The number of benzene rings is 3. The highest BCUT2D eigenvalue weighted by molar-refractivity contribution is 6.46. The standard InChI is InChI=1S/C25H16Cl2F3NO3/c26-18-10-9-16(12-19(18)27)22(32)20-21(15-6-2-1-3-7-15)31(24(34)23(20)33)13-14-5-4-8-17(11-14)25(28,29)30/h1-12,21,32H,13H2/b22-20+. The third-order valence-electron chi connectivity index (χ3n) is 5.46. The van der Waals surface area contributed by atoms with Gasteiger partial charge in [-0.05, 0) is 41.5 Å². The number of hydrogen-bond acceptors (Lipinski definition) is 3. The number of ketones is 1. The summed E-state index contributed by atoms with van der Waals surface area (Å²) in [6.07, 6.45) is -4.56. The lowest BCUT2D eigenvalue weighted by Crippen LogP contribution is -2.29. The molecule has 9 heteroatoms. The van der Waals surface area contributed by atoms with Crippen molar-refractivity contribution in [3.05, 3.63) is 111 Å². The number of aliphatic hydroxyl groups is 1. The Hall–Kier alpha value is -3.29. The van der Waals surface area contributed by atoms with Gasteiger partial charge in [0.15, 0.2) is 0 Å². The first-order valence-corrected chi connectivity index (χ1v) is 10.8. The van der Waals surface area contributed by atoms with Crippen molar-refractivity contribution in [3.8, 4) is 0 Å². The molecule has 1 fully saturated rings. The van der Waals surface area contributed by atoms with E-state index in [4.69, 9.17) is 23.2 Å². The maximum atomic E-state index is 13.2. The lowest BCUT2D eigenvalue weighted by atomic mass is 9.95. The van der Waals surface area contributed by atoms with Gasteiger partial charge in [0.1, 0.15) is 5.76 Å². The smallest absolute Gasteiger partial charge is 0.416 e. The Morgan fingerprint density at radius 2 is 1.62 bits per heavy atom. The summed E-state index contributed by atoms with van der Waals surface area (Å²) in [4.78, 5) is 27.2. The van der Waals surface area contributed by atoms with Crippen LogP contribution in [-0.2, 0) is 22.3 Å². The molecule has 174 valence electrons. The quantitative estimate of drug-likeness (QED) is 0.246. The summed E-state index contributed by atoms with van der Waals surface area (Å²) in [5.41, 5.74) is -0.190. The topological polar surface area (TPSA) is 57.6 Å². The third kappa shape index (κ3) is 4.54. The predicted octanol–water partition coefficient (Wildman–Crippen LogP) is 6.63. The molecule has 3 aromatic rings. The zero-order valence-corrected chi connectivity index (χ0v) is 18.8. The van der Waals surface area contributed by atoms with E-state index < -0.39 is 35.2 Å². The summed E-state index contributed by atoms with van der Waals surface area (Å²) < 4.78 is 39.5. The van der Waals surface area contributed by atoms with Crippen molar-refractivity contribution in [2.45, 2.75) is 18.8 Å². The minimum atomic E-state index is -4.56. The average molecular weight is 506 g/mol. The van der Waals surface area contributed by atoms with Crippen LogP contribution in [0.5, 0.6) is 0 Å². The molecular formula is C25H16Cl2F3NO3. The highest BCUT2D eigenvalue weighted by atomic mass is 35.5. The van der Waals surface area contributed by atoms with Gasteiger partial charge in [0.05, 0.1) is 27.2 Å². The Kier molecular flexibility index (Phi) is 6.43. The molecule has 1 amide bonds. The van der Waals surface area contributed by atoms with E-state index in [1.54, 1.807) is 30.3 Å². The summed E-state index contributed by atoms with van der Waals surface area (Å²) in [6, 6.07) is 16.2. The van der Waals surface area contributed by atoms with Crippen LogP contribution in [0.3, 0.4) is 0 Å². The SMILES string of the molecule is O=C1C(=O)N(Cc2cccc(C(F)(F)F)c2)C(c2ccccc2)/C1=C(\O)c1ccc(Cl)c(Cl)c1. The number of amides is 1. The van der Waals surface area contributed by atoms with Crippen LogP contribution in [0.1, 0.15) is 28.3 Å². The Bertz CT molecular complexity index is 1310. The monoisotopic (exact) mass is 505 g/mol. The Morgan fingerprint density at radius 3 is 2.26 bits per heavy atom. The maximum Gasteiger partial charge on any atom is 0.416 e. The highest BCUT2D eigenvalue weighted by Gasteiger charge is 2.46. The summed E-state index contributed by atoms with van der Waals surface area (Å²) in [7, 11) is 0. The zero-order valence-electron chi connectivity index (χ0n) is 17.3. The van der Waals surface area contributed by atoms with Crippen molar-refractivity contribution in [2.75, 3.05) is 0 Å². The molecule has 1 heterocycles. The molecule has 4 rings (SSSR count). The number of hydrogen-bond donors (Lipinski definition) is 1. The fourth-order valence-corrected chi connectivity index (χ4v) is 4.16. The van der Waals surface area contributed by atoms with Crippen LogP contribution in [0, 0.1) is 0 Å². The van der Waals surface area contributed by atoms with Crippen molar-refractivity contribution in [3.63, 3.8) is 0 Å². The van der Waals surface area contributed by atoms with Gasteiger partial charge >= 0.3 is 6.18 Å². The van der Waals surface area contributed by atoms with Crippen LogP contribution in [0.2, 0.25) is 10.0 Å². The molecule has 0 spiro atoms. The molecule has 1 N–H and O–H groups in total. The number of likely N-dealkylation sites (tertiary alicyclic amines) is 1. The van der Waals surface area contributed by atoms with Crippen molar-refractivity contribution in [1.29, 1.82) is 0 Å². The normalized spacial score (nSPS) is 17.9. The van der Waals surface area contributed by atoms with Gasteiger partial charge in [-0.15, -0.1) is 0 Å². The first kappa shape index (κ1) is 23.9. The second-order valence-corrected chi connectivity index (χ2v) is 8.48. The Labute approximate surface area is 202 Å². The molecule has 0 radical (unpaired) electrons. The zero-order chi connectivity index (χ0) is 24.6. The minimum absolute atomic E-state index is 0.139. The van der Waals surface area contributed by atoms with Crippen molar-refractivity contribution >= 4 is 40.7 Å². The predicted molar refractivity (Wildman–Crippen MR) is 122 cm³/mol. The van der Waals surface area contributed by atoms with Gasteiger partial charge in [-0.2, -0.15) is 13.2 Å². The lowest BCUT2D eigenvalue weighted by molar-refractivity contribution is -0.140. The molecule has 1 saturated heterocycles. The van der Waals surface area contributed by atoms with Crippen molar-refractivity contribution < 1.29 is 27.9 Å². The number of rotatable bonds is 4.